The molecule has 0 atom stereocenters. The maximum absolute atomic E-state index is 13.9. The Labute approximate surface area is 231 Å². The van der Waals surface area contributed by atoms with Crippen molar-refractivity contribution >= 4 is 57.5 Å². The van der Waals surface area contributed by atoms with E-state index in [1.54, 1.807) is 35.7 Å². The van der Waals surface area contributed by atoms with Crippen LogP contribution in [0.4, 0.5) is 11.4 Å². The van der Waals surface area contributed by atoms with E-state index >= 15 is 0 Å². The van der Waals surface area contributed by atoms with Crippen LogP contribution in [0.1, 0.15) is 35.3 Å². The molecule has 0 bridgehead atoms. The standard InChI is InChI=1S/C30H28N4O2S2/c1-4-31-24-16-15-23(20(2)35)17-25(24)32-30-34(18-21-11-7-5-8-12-21)28(36)27(38-30)29-33(3)26(19-37-29)22-13-9-6-10-14-22/h5-17,19,31H,4,18H2,1-3H3. The van der Waals surface area contributed by atoms with Crippen molar-refractivity contribution in [1.29, 1.82) is 0 Å². The normalized spacial score (nSPS) is 18.3. The number of nitrogens with zero attached hydrogens (tertiary/aromatic N) is 3. The molecule has 0 radical (unpaired) electrons. The van der Waals surface area contributed by atoms with E-state index in [-0.39, 0.29) is 11.7 Å². The van der Waals surface area contributed by atoms with Crippen LogP contribution in [0.5, 0.6) is 0 Å². The summed E-state index contributed by atoms with van der Waals surface area (Å²) in [5, 5.41) is 6.88. The van der Waals surface area contributed by atoms with Crippen LogP contribution in [0.2, 0.25) is 0 Å². The Morgan fingerprint density at radius 1 is 1.00 bits per heavy atom. The second-order valence-electron chi connectivity index (χ2n) is 8.87. The highest BCUT2D eigenvalue weighted by atomic mass is 32.2. The van der Waals surface area contributed by atoms with Gasteiger partial charge in [-0.3, -0.25) is 14.5 Å². The highest BCUT2D eigenvalue weighted by molar-refractivity contribution is 8.19. The molecule has 0 aliphatic carbocycles. The monoisotopic (exact) mass is 540 g/mol. The molecule has 5 rings (SSSR count). The summed E-state index contributed by atoms with van der Waals surface area (Å²) in [5.41, 5.74) is 5.19. The van der Waals surface area contributed by atoms with E-state index in [0.29, 0.717) is 34.4 Å². The minimum Gasteiger partial charge on any atom is -0.384 e. The number of amides is 1. The zero-order valence-corrected chi connectivity index (χ0v) is 23.1. The lowest BCUT2D eigenvalue weighted by Gasteiger charge is -2.19. The lowest BCUT2D eigenvalue weighted by atomic mass is 10.1. The number of carbonyl (C=O) groups is 2. The van der Waals surface area contributed by atoms with Crippen molar-refractivity contribution in [2.75, 3.05) is 18.9 Å². The molecule has 8 heteroatoms. The van der Waals surface area contributed by atoms with Gasteiger partial charge >= 0.3 is 0 Å². The molecule has 192 valence electrons. The molecule has 2 heterocycles. The smallest absolute Gasteiger partial charge is 0.269 e. The Morgan fingerprint density at radius 2 is 1.71 bits per heavy atom. The van der Waals surface area contributed by atoms with E-state index < -0.39 is 0 Å². The number of benzene rings is 3. The molecule has 1 fully saturated rings. The number of Topliss-reactive ketones (excluding diaryl/α,β-unsaturated/α-hetero) is 1. The zero-order chi connectivity index (χ0) is 26.6. The van der Waals surface area contributed by atoms with Crippen molar-refractivity contribution in [3.8, 4) is 0 Å². The Morgan fingerprint density at radius 3 is 2.39 bits per heavy atom. The van der Waals surface area contributed by atoms with Crippen molar-refractivity contribution in [2.45, 2.75) is 20.4 Å². The number of thioether (sulfide) groups is 2. The fourth-order valence-electron chi connectivity index (χ4n) is 4.26. The highest BCUT2D eigenvalue weighted by Crippen LogP contribution is 2.46. The summed E-state index contributed by atoms with van der Waals surface area (Å²) in [5.74, 6) is -0.112. The largest absolute Gasteiger partial charge is 0.384 e. The maximum Gasteiger partial charge on any atom is 0.269 e. The molecule has 2 aliphatic heterocycles. The first-order valence-corrected chi connectivity index (χ1v) is 14.1. The molecular weight excluding hydrogens is 512 g/mol. The van der Waals surface area contributed by atoms with E-state index in [1.807, 2.05) is 68.6 Å². The summed E-state index contributed by atoms with van der Waals surface area (Å²) >= 11 is 2.93. The quantitative estimate of drug-likeness (QED) is 0.259. The average molecular weight is 541 g/mol. The van der Waals surface area contributed by atoms with Gasteiger partial charge in [-0.2, -0.15) is 0 Å². The first-order chi connectivity index (χ1) is 18.5. The van der Waals surface area contributed by atoms with Crippen LogP contribution in [0.25, 0.3) is 5.70 Å². The molecule has 3 aromatic carbocycles. The third kappa shape index (κ3) is 5.28. The number of amidine groups is 1. The van der Waals surface area contributed by atoms with Gasteiger partial charge in [0.15, 0.2) is 11.0 Å². The van der Waals surface area contributed by atoms with Crippen molar-refractivity contribution in [1.82, 2.24) is 9.80 Å². The van der Waals surface area contributed by atoms with Crippen LogP contribution < -0.4 is 5.32 Å². The van der Waals surface area contributed by atoms with Gasteiger partial charge in [0.2, 0.25) is 0 Å². The summed E-state index contributed by atoms with van der Waals surface area (Å²) in [6.45, 7) is 4.67. The van der Waals surface area contributed by atoms with Crippen molar-refractivity contribution < 1.29 is 9.59 Å². The lowest BCUT2D eigenvalue weighted by Crippen LogP contribution is -2.29. The third-order valence-electron chi connectivity index (χ3n) is 6.25. The van der Waals surface area contributed by atoms with Gasteiger partial charge in [-0.15, -0.1) is 0 Å². The molecule has 0 saturated carbocycles. The summed E-state index contributed by atoms with van der Waals surface area (Å²) < 4.78 is 0. The zero-order valence-electron chi connectivity index (χ0n) is 21.5. The SMILES string of the molecule is CCNc1ccc(C(C)=O)cc1N=C1SC(=C2SC=C(c3ccccc3)N2C)C(=O)N1Cc1ccccc1. The molecule has 1 amide bonds. The first-order valence-electron chi connectivity index (χ1n) is 12.4. The lowest BCUT2D eigenvalue weighted by molar-refractivity contribution is -0.122. The van der Waals surface area contributed by atoms with E-state index in [2.05, 4.69) is 27.8 Å². The Kier molecular flexibility index (Phi) is 7.72. The number of anilines is 1. The van der Waals surface area contributed by atoms with Gasteiger partial charge in [-0.05, 0) is 54.9 Å². The minimum atomic E-state index is -0.0811. The Bertz CT molecular complexity index is 1470. The molecule has 0 aromatic heterocycles. The van der Waals surface area contributed by atoms with Gasteiger partial charge in [-0.25, -0.2) is 4.99 Å². The fraction of sp³-hybridized carbons (Fsp3) is 0.167. The van der Waals surface area contributed by atoms with Gasteiger partial charge in [0, 0.05) is 24.6 Å². The van der Waals surface area contributed by atoms with Gasteiger partial charge in [0.25, 0.3) is 5.91 Å². The van der Waals surface area contributed by atoms with Crippen molar-refractivity contribution in [2.24, 2.45) is 4.99 Å². The van der Waals surface area contributed by atoms with Crippen LogP contribution in [-0.4, -0.2) is 40.3 Å². The number of hydrogen-bond acceptors (Lipinski definition) is 7. The molecule has 0 unspecified atom stereocenters. The molecule has 1 N–H and O–H groups in total. The third-order valence-corrected chi connectivity index (χ3v) is 8.48. The number of ketones is 1. The predicted molar refractivity (Wildman–Crippen MR) is 159 cm³/mol. The van der Waals surface area contributed by atoms with E-state index in [0.717, 1.165) is 27.5 Å². The van der Waals surface area contributed by atoms with E-state index in [9.17, 15) is 9.59 Å². The molecular formula is C30H28N4O2S2. The van der Waals surface area contributed by atoms with Crippen LogP contribution >= 0.6 is 23.5 Å². The maximum atomic E-state index is 13.9. The number of aliphatic imine (C=N–C) groups is 1. The van der Waals surface area contributed by atoms with Crippen LogP contribution in [0.15, 0.2) is 99.2 Å². The minimum absolute atomic E-state index is 0.0305. The Hall–Kier alpha value is -3.75. The molecule has 3 aromatic rings. The van der Waals surface area contributed by atoms with E-state index in [1.165, 1.54) is 11.8 Å². The second kappa shape index (κ2) is 11.3. The number of nitrogens with one attached hydrogen (secondary N) is 1. The highest BCUT2D eigenvalue weighted by Gasteiger charge is 2.38. The number of carbonyl (C=O) groups excluding carboxylic acids is 2. The van der Waals surface area contributed by atoms with Crippen molar-refractivity contribution in [3.63, 3.8) is 0 Å². The van der Waals surface area contributed by atoms with Gasteiger partial charge in [0.05, 0.1) is 28.6 Å². The summed E-state index contributed by atoms with van der Waals surface area (Å²) in [6.07, 6.45) is 0. The number of hydrogen-bond donors (Lipinski definition) is 1. The fourth-order valence-corrected chi connectivity index (χ4v) is 6.51. The summed E-state index contributed by atoms with van der Waals surface area (Å²) in [6, 6.07) is 25.5. The van der Waals surface area contributed by atoms with Crippen LogP contribution in [0, 0.1) is 0 Å². The summed E-state index contributed by atoms with van der Waals surface area (Å²) in [7, 11) is 1.99. The summed E-state index contributed by atoms with van der Waals surface area (Å²) in [4.78, 5) is 35.4. The van der Waals surface area contributed by atoms with Crippen LogP contribution in [0.3, 0.4) is 0 Å². The van der Waals surface area contributed by atoms with Gasteiger partial charge < -0.3 is 10.2 Å². The molecule has 6 nitrogen and oxygen atoms in total. The van der Waals surface area contributed by atoms with Gasteiger partial charge in [-0.1, -0.05) is 72.4 Å². The molecule has 2 aliphatic rings. The predicted octanol–water partition coefficient (Wildman–Crippen LogP) is 6.93. The van der Waals surface area contributed by atoms with E-state index in [4.69, 9.17) is 4.99 Å². The topological polar surface area (TPSA) is 65.0 Å². The second-order valence-corrected chi connectivity index (χ2v) is 10.7. The van der Waals surface area contributed by atoms with Crippen LogP contribution in [-0.2, 0) is 11.3 Å². The molecule has 1 saturated heterocycles. The Balaban J connectivity index is 1.56. The average Bonchev–Trinajstić information content (AvgIpc) is 3.45. The first kappa shape index (κ1) is 25.9. The van der Waals surface area contributed by atoms with Gasteiger partial charge in [0.1, 0.15) is 4.91 Å². The van der Waals surface area contributed by atoms with Crippen molar-refractivity contribution in [3.05, 3.63) is 111 Å². The molecule has 38 heavy (non-hydrogen) atoms. The number of rotatable bonds is 7. The molecule has 0 spiro atoms.